The maximum atomic E-state index is 12.0. The first kappa shape index (κ1) is 24.0. The van der Waals surface area contributed by atoms with E-state index < -0.39 is 10.1 Å². The Morgan fingerprint density at radius 1 is 0.824 bits per heavy atom. The van der Waals surface area contributed by atoms with Crippen LogP contribution in [-0.2, 0) is 20.9 Å². The van der Waals surface area contributed by atoms with Crippen LogP contribution in [0.2, 0.25) is 0 Å². The molecule has 4 rings (SSSR count). The molecule has 178 valence electrons. The van der Waals surface area contributed by atoms with E-state index >= 15 is 0 Å². The minimum Gasteiger partial charge on any atom is -0.382 e. The first-order chi connectivity index (χ1) is 15.8. The van der Waals surface area contributed by atoms with Crippen LogP contribution >= 0.6 is 0 Å². The van der Waals surface area contributed by atoms with E-state index in [9.17, 15) is 8.42 Å². The van der Waals surface area contributed by atoms with Gasteiger partial charge in [0, 0.05) is 5.69 Å². The van der Waals surface area contributed by atoms with Crippen molar-refractivity contribution in [3.63, 3.8) is 0 Å². The molecule has 0 amide bonds. The molecule has 0 aliphatic rings. The molecule has 0 aliphatic heterocycles. The quantitative estimate of drug-likeness (QED) is 0.310. The average molecular weight is 477 g/mol. The number of benzene rings is 3. The van der Waals surface area contributed by atoms with Gasteiger partial charge in [-0.1, -0.05) is 77.9 Å². The number of aromatic nitrogens is 2. The fourth-order valence-electron chi connectivity index (χ4n) is 4.09. The third-order valence-corrected chi connectivity index (χ3v) is 6.30. The highest BCUT2D eigenvalue weighted by Gasteiger charge is 2.27. The lowest BCUT2D eigenvalue weighted by atomic mass is 9.80. The zero-order chi connectivity index (χ0) is 24.9. The summed E-state index contributed by atoms with van der Waals surface area (Å²) in [6.07, 6.45) is 1.05. The van der Waals surface area contributed by atoms with Gasteiger partial charge in [-0.25, -0.2) is 4.98 Å². The standard InChI is InChI=1S/C28H32N2O3S/c1-27(2,3)19-17-22(28(4,5)6)25-23(18-19)30(20-13-9-8-10-14-20)26(29-25)21-15-11-12-16-24(21)33-34(7,31)32/h8-18H,1-7H3. The molecule has 34 heavy (non-hydrogen) atoms. The first-order valence-corrected chi connectivity index (χ1v) is 13.2. The normalized spacial score (nSPS) is 12.8. The number of imidazole rings is 1. The lowest BCUT2D eigenvalue weighted by molar-refractivity contribution is 0.493. The van der Waals surface area contributed by atoms with Gasteiger partial charge in [0.2, 0.25) is 0 Å². The summed E-state index contributed by atoms with van der Waals surface area (Å²) in [5.41, 5.74) is 5.60. The smallest absolute Gasteiger partial charge is 0.306 e. The van der Waals surface area contributed by atoms with Crippen LogP contribution in [-0.4, -0.2) is 24.2 Å². The molecule has 4 aromatic rings. The second kappa shape index (κ2) is 8.27. The highest BCUT2D eigenvalue weighted by Crippen LogP contribution is 2.40. The summed E-state index contributed by atoms with van der Waals surface area (Å²) >= 11 is 0. The van der Waals surface area contributed by atoms with Crippen LogP contribution in [0.25, 0.3) is 28.1 Å². The fraction of sp³-hybridized carbons (Fsp3) is 0.321. The molecule has 1 heterocycles. The molecule has 0 atom stereocenters. The minimum absolute atomic E-state index is 0.0581. The third kappa shape index (κ3) is 4.73. The topological polar surface area (TPSA) is 61.2 Å². The lowest BCUT2D eigenvalue weighted by Crippen LogP contribution is -2.17. The number of hydrogen-bond donors (Lipinski definition) is 0. The number of para-hydroxylation sites is 2. The largest absolute Gasteiger partial charge is 0.382 e. The van der Waals surface area contributed by atoms with Crippen molar-refractivity contribution in [3.8, 4) is 22.8 Å². The van der Waals surface area contributed by atoms with Crippen molar-refractivity contribution in [2.45, 2.75) is 52.4 Å². The Balaban J connectivity index is 2.17. The Morgan fingerprint density at radius 3 is 2.03 bits per heavy atom. The van der Waals surface area contributed by atoms with E-state index in [-0.39, 0.29) is 16.6 Å². The van der Waals surface area contributed by atoms with E-state index in [2.05, 4.69) is 58.2 Å². The van der Waals surface area contributed by atoms with E-state index in [4.69, 9.17) is 9.17 Å². The van der Waals surface area contributed by atoms with E-state index in [0.29, 0.717) is 11.4 Å². The summed E-state index contributed by atoms with van der Waals surface area (Å²) in [6, 6.07) is 21.6. The highest BCUT2D eigenvalue weighted by atomic mass is 32.2. The van der Waals surface area contributed by atoms with Crippen LogP contribution in [0.3, 0.4) is 0 Å². The molecule has 0 bridgehead atoms. The molecular weight excluding hydrogens is 444 g/mol. The van der Waals surface area contributed by atoms with Crippen molar-refractivity contribution in [1.82, 2.24) is 9.55 Å². The fourth-order valence-corrected chi connectivity index (χ4v) is 4.56. The number of hydrogen-bond acceptors (Lipinski definition) is 4. The summed E-state index contributed by atoms with van der Waals surface area (Å²) in [4.78, 5) is 5.13. The Labute approximate surface area is 202 Å². The third-order valence-electron chi connectivity index (χ3n) is 5.82. The van der Waals surface area contributed by atoms with Crippen LogP contribution in [0.5, 0.6) is 5.75 Å². The Bertz CT molecular complexity index is 1460. The minimum atomic E-state index is -3.71. The predicted molar refractivity (Wildman–Crippen MR) is 139 cm³/mol. The Morgan fingerprint density at radius 2 is 1.44 bits per heavy atom. The number of fused-ring (bicyclic) bond motifs is 1. The van der Waals surface area contributed by atoms with Gasteiger partial charge in [-0.15, -0.1) is 0 Å². The summed E-state index contributed by atoms with van der Waals surface area (Å²) in [6.45, 7) is 13.2. The van der Waals surface area contributed by atoms with Crippen molar-refractivity contribution < 1.29 is 12.6 Å². The summed E-state index contributed by atoms with van der Waals surface area (Å²) in [5, 5.41) is 0. The van der Waals surface area contributed by atoms with Crippen LogP contribution in [0.15, 0.2) is 66.7 Å². The molecule has 0 saturated heterocycles. The SMILES string of the molecule is CC(C)(C)c1cc(C(C)(C)C)c2nc(-c3ccccc3OS(C)(=O)=O)n(-c3ccccc3)c2c1. The van der Waals surface area contributed by atoms with Gasteiger partial charge in [-0.2, -0.15) is 8.42 Å². The first-order valence-electron chi connectivity index (χ1n) is 11.4. The van der Waals surface area contributed by atoms with Gasteiger partial charge in [0.05, 0.1) is 22.9 Å². The molecule has 0 spiro atoms. The van der Waals surface area contributed by atoms with E-state index in [1.54, 1.807) is 12.1 Å². The van der Waals surface area contributed by atoms with Crippen LogP contribution in [0, 0.1) is 0 Å². The van der Waals surface area contributed by atoms with Gasteiger partial charge in [-0.3, -0.25) is 4.57 Å². The maximum absolute atomic E-state index is 12.0. The average Bonchev–Trinajstić information content (AvgIpc) is 3.10. The van der Waals surface area contributed by atoms with E-state index in [0.717, 1.165) is 28.5 Å². The molecule has 0 fully saturated rings. The van der Waals surface area contributed by atoms with Gasteiger partial charge in [0.15, 0.2) is 5.75 Å². The molecule has 0 radical (unpaired) electrons. The van der Waals surface area contributed by atoms with Crippen LogP contribution < -0.4 is 4.18 Å². The van der Waals surface area contributed by atoms with Gasteiger partial charge in [0.25, 0.3) is 0 Å². The van der Waals surface area contributed by atoms with Crippen molar-refractivity contribution in [2.24, 2.45) is 0 Å². The molecule has 0 aliphatic carbocycles. The van der Waals surface area contributed by atoms with E-state index in [1.807, 2.05) is 42.5 Å². The van der Waals surface area contributed by atoms with Gasteiger partial charge in [0.1, 0.15) is 5.82 Å². The highest BCUT2D eigenvalue weighted by molar-refractivity contribution is 7.86. The van der Waals surface area contributed by atoms with Crippen LogP contribution in [0.1, 0.15) is 52.7 Å². The van der Waals surface area contributed by atoms with Gasteiger partial charge < -0.3 is 4.18 Å². The van der Waals surface area contributed by atoms with E-state index in [1.165, 1.54) is 5.56 Å². The summed E-state index contributed by atoms with van der Waals surface area (Å²) in [7, 11) is -3.71. The second-order valence-electron chi connectivity index (χ2n) is 10.8. The zero-order valence-electron chi connectivity index (χ0n) is 20.9. The van der Waals surface area contributed by atoms with Crippen molar-refractivity contribution in [2.75, 3.05) is 6.26 Å². The molecule has 0 unspecified atom stereocenters. The van der Waals surface area contributed by atoms with Crippen LogP contribution in [0.4, 0.5) is 0 Å². The molecule has 3 aromatic carbocycles. The second-order valence-corrected chi connectivity index (χ2v) is 12.4. The van der Waals surface area contributed by atoms with Crippen molar-refractivity contribution in [3.05, 3.63) is 77.9 Å². The molecule has 0 N–H and O–H groups in total. The summed E-state index contributed by atoms with van der Waals surface area (Å²) < 4.78 is 31.5. The molecular formula is C28H32N2O3S. The number of rotatable bonds is 4. The summed E-state index contributed by atoms with van der Waals surface area (Å²) in [5.74, 6) is 0.892. The molecule has 6 heteroatoms. The molecule has 5 nitrogen and oxygen atoms in total. The van der Waals surface area contributed by atoms with Gasteiger partial charge >= 0.3 is 10.1 Å². The molecule has 0 saturated carbocycles. The van der Waals surface area contributed by atoms with Crippen molar-refractivity contribution >= 4 is 21.2 Å². The number of nitrogens with zero attached hydrogens (tertiary/aromatic N) is 2. The molecule has 1 aromatic heterocycles. The van der Waals surface area contributed by atoms with Crippen molar-refractivity contribution in [1.29, 1.82) is 0 Å². The maximum Gasteiger partial charge on any atom is 0.306 e. The Hall–Kier alpha value is -3.12. The monoisotopic (exact) mass is 476 g/mol. The predicted octanol–water partition coefficient (Wildman–Crippen LogP) is 6.63. The zero-order valence-corrected chi connectivity index (χ0v) is 21.7. The Kier molecular flexibility index (Phi) is 5.85. The van der Waals surface area contributed by atoms with Gasteiger partial charge in [-0.05, 0) is 52.3 Å². The lowest BCUT2D eigenvalue weighted by Gasteiger charge is -2.25.